The molecule has 3 aromatic heterocycles. The summed E-state index contributed by atoms with van der Waals surface area (Å²) in [5.41, 5.74) is 4.11. The average molecular weight is 560 g/mol. The Balaban J connectivity index is 1.18. The lowest BCUT2D eigenvalue weighted by molar-refractivity contribution is 0.306. The van der Waals surface area contributed by atoms with Crippen LogP contribution in [0.25, 0.3) is 65.8 Å². The fourth-order valence-corrected chi connectivity index (χ4v) is 5.83. The minimum absolute atomic E-state index is 0.479. The molecule has 204 valence electrons. The lowest BCUT2D eigenvalue weighted by Gasteiger charge is -2.17. The molecule has 9 rings (SSSR count). The molecular formula is C36H21BO6. The van der Waals surface area contributed by atoms with Crippen molar-refractivity contribution in [3.8, 4) is 17.2 Å². The summed E-state index contributed by atoms with van der Waals surface area (Å²) in [6.45, 7) is 0. The van der Waals surface area contributed by atoms with Crippen LogP contribution >= 0.6 is 0 Å². The van der Waals surface area contributed by atoms with E-state index in [1.54, 1.807) is 0 Å². The number of para-hydroxylation sites is 6. The van der Waals surface area contributed by atoms with E-state index < -0.39 is 7.32 Å². The van der Waals surface area contributed by atoms with Gasteiger partial charge in [0, 0.05) is 32.3 Å². The Morgan fingerprint density at radius 3 is 0.977 bits per heavy atom. The maximum Gasteiger partial charge on any atom is 0.864 e. The van der Waals surface area contributed by atoms with E-state index in [4.69, 9.17) is 27.2 Å². The van der Waals surface area contributed by atoms with Crippen LogP contribution in [0.15, 0.2) is 141 Å². The summed E-state index contributed by atoms with van der Waals surface area (Å²) < 4.78 is 38.2. The van der Waals surface area contributed by atoms with Crippen molar-refractivity contribution in [2.45, 2.75) is 0 Å². The summed E-state index contributed by atoms with van der Waals surface area (Å²) >= 11 is 0. The number of rotatable bonds is 6. The van der Waals surface area contributed by atoms with Crippen molar-refractivity contribution in [2.24, 2.45) is 0 Å². The zero-order chi connectivity index (χ0) is 28.3. The van der Waals surface area contributed by atoms with Crippen molar-refractivity contribution in [2.75, 3.05) is 0 Å². The summed E-state index contributed by atoms with van der Waals surface area (Å²) in [6, 6.07) is 41.0. The van der Waals surface area contributed by atoms with Crippen molar-refractivity contribution in [3.63, 3.8) is 0 Å². The zero-order valence-corrected chi connectivity index (χ0v) is 22.7. The first-order valence-electron chi connectivity index (χ1n) is 14.0. The minimum Gasteiger partial charge on any atom is -0.486 e. The van der Waals surface area contributed by atoms with Crippen LogP contribution in [0.2, 0.25) is 0 Å². The van der Waals surface area contributed by atoms with Gasteiger partial charge in [-0.15, -0.1) is 0 Å². The predicted octanol–water partition coefficient (Wildman–Crippen LogP) is 9.91. The first-order chi connectivity index (χ1) is 21.3. The van der Waals surface area contributed by atoms with E-state index >= 15 is 0 Å². The third-order valence-corrected chi connectivity index (χ3v) is 7.77. The standard InChI is InChI=1S/C36H21BO6/c1-4-16-28-22(10-1)25-13-7-19-31(34(25)38-28)41-37(42-32-20-8-14-26-23-11-2-5-17-29(23)39-35(26)32)43-33-21-9-15-27-24-12-3-6-18-30(24)40-36(27)33/h1-21H. The van der Waals surface area contributed by atoms with E-state index in [1.807, 2.05) is 127 Å². The van der Waals surface area contributed by atoms with Gasteiger partial charge in [0.05, 0.1) is 0 Å². The lowest BCUT2D eigenvalue weighted by atomic mass is 10.1. The van der Waals surface area contributed by atoms with Crippen LogP contribution in [0.1, 0.15) is 0 Å². The quantitative estimate of drug-likeness (QED) is 0.189. The molecule has 0 aliphatic heterocycles. The Bertz CT molecular complexity index is 2190. The molecule has 0 saturated heterocycles. The summed E-state index contributed by atoms with van der Waals surface area (Å²) in [4.78, 5) is 0. The molecule has 43 heavy (non-hydrogen) atoms. The van der Waals surface area contributed by atoms with Gasteiger partial charge in [0.15, 0.2) is 16.7 Å². The molecule has 0 radical (unpaired) electrons. The number of hydrogen-bond donors (Lipinski definition) is 0. The van der Waals surface area contributed by atoms with E-state index in [1.165, 1.54) is 0 Å². The fraction of sp³-hybridized carbons (Fsp3) is 0. The Morgan fingerprint density at radius 1 is 0.326 bits per heavy atom. The van der Waals surface area contributed by atoms with Gasteiger partial charge in [-0.25, -0.2) is 0 Å². The number of fused-ring (bicyclic) bond motifs is 9. The van der Waals surface area contributed by atoms with Crippen LogP contribution in [0, 0.1) is 0 Å². The summed E-state index contributed by atoms with van der Waals surface area (Å²) in [5, 5.41) is 5.81. The Hall–Kier alpha value is -5.82. The van der Waals surface area contributed by atoms with Gasteiger partial charge in [0.1, 0.15) is 34.0 Å². The average Bonchev–Trinajstić information content (AvgIpc) is 3.74. The molecule has 0 aliphatic rings. The van der Waals surface area contributed by atoms with Crippen LogP contribution in [0.5, 0.6) is 17.2 Å². The zero-order valence-electron chi connectivity index (χ0n) is 22.7. The molecule has 0 amide bonds. The van der Waals surface area contributed by atoms with Gasteiger partial charge in [-0.2, -0.15) is 0 Å². The van der Waals surface area contributed by atoms with Gasteiger partial charge in [0.25, 0.3) is 0 Å². The Labute approximate surface area is 244 Å². The summed E-state index contributed by atoms with van der Waals surface area (Å²) in [7, 11) is -1.23. The number of hydrogen-bond acceptors (Lipinski definition) is 6. The molecule has 9 aromatic rings. The van der Waals surface area contributed by atoms with Crippen LogP contribution in [-0.2, 0) is 0 Å². The third kappa shape index (κ3) is 3.82. The van der Waals surface area contributed by atoms with Crippen LogP contribution in [-0.4, -0.2) is 7.32 Å². The summed E-state index contributed by atoms with van der Waals surface area (Å²) in [6.07, 6.45) is 0. The van der Waals surface area contributed by atoms with Gasteiger partial charge < -0.3 is 27.2 Å². The number of benzene rings is 6. The van der Waals surface area contributed by atoms with Crippen molar-refractivity contribution in [1.82, 2.24) is 0 Å². The van der Waals surface area contributed by atoms with E-state index in [2.05, 4.69) is 0 Å². The molecule has 0 bridgehead atoms. The molecule has 0 spiro atoms. The summed E-state index contributed by atoms with van der Waals surface area (Å²) in [5.74, 6) is 1.44. The monoisotopic (exact) mass is 560 g/mol. The highest BCUT2D eigenvalue weighted by Crippen LogP contribution is 2.39. The van der Waals surface area contributed by atoms with Crippen molar-refractivity contribution in [1.29, 1.82) is 0 Å². The molecule has 3 heterocycles. The molecular weight excluding hydrogens is 539 g/mol. The van der Waals surface area contributed by atoms with E-state index in [0.29, 0.717) is 34.0 Å². The van der Waals surface area contributed by atoms with Crippen molar-refractivity contribution in [3.05, 3.63) is 127 Å². The lowest BCUT2D eigenvalue weighted by Crippen LogP contribution is -2.37. The van der Waals surface area contributed by atoms with Gasteiger partial charge in [-0.05, 0) is 36.4 Å². The second-order valence-electron chi connectivity index (χ2n) is 10.3. The molecule has 0 atom stereocenters. The molecule has 7 heteroatoms. The van der Waals surface area contributed by atoms with Crippen LogP contribution in [0.3, 0.4) is 0 Å². The van der Waals surface area contributed by atoms with Gasteiger partial charge in [0.2, 0.25) is 0 Å². The van der Waals surface area contributed by atoms with Gasteiger partial charge in [-0.1, -0.05) is 91.0 Å². The predicted molar refractivity (Wildman–Crippen MR) is 169 cm³/mol. The number of furan rings is 3. The minimum atomic E-state index is -1.23. The Kier molecular flexibility index (Phi) is 5.19. The largest absolute Gasteiger partial charge is 0.864 e. The smallest absolute Gasteiger partial charge is 0.486 e. The van der Waals surface area contributed by atoms with Gasteiger partial charge >= 0.3 is 7.32 Å². The topological polar surface area (TPSA) is 67.1 Å². The fourth-order valence-electron chi connectivity index (χ4n) is 5.83. The van der Waals surface area contributed by atoms with Crippen molar-refractivity contribution >= 4 is 73.1 Å². The normalized spacial score (nSPS) is 11.7. The molecule has 0 N–H and O–H groups in total. The highest BCUT2D eigenvalue weighted by atomic mass is 16.7. The second kappa shape index (κ2) is 9.36. The first kappa shape index (κ1) is 23.8. The Morgan fingerprint density at radius 2 is 0.628 bits per heavy atom. The molecule has 0 aliphatic carbocycles. The maximum absolute atomic E-state index is 6.49. The van der Waals surface area contributed by atoms with E-state index in [0.717, 1.165) is 49.1 Å². The second-order valence-corrected chi connectivity index (χ2v) is 10.3. The van der Waals surface area contributed by atoms with Crippen LogP contribution in [0.4, 0.5) is 0 Å². The SMILES string of the molecule is c1ccc2c(c1)oc1c(OB(Oc3cccc4c3oc3ccccc34)Oc3cccc4c3oc3ccccc34)cccc12. The van der Waals surface area contributed by atoms with Crippen LogP contribution < -0.4 is 14.0 Å². The van der Waals surface area contributed by atoms with E-state index in [9.17, 15) is 0 Å². The highest BCUT2D eigenvalue weighted by Gasteiger charge is 2.34. The molecule has 6 nitrogen and oxygen atoms in total. The highest BCUT2D eigenvalue weighted by molar-refractivity contribution is 6.40. The molecule has 0 fully saturated rings. The van der Waals surface area contributed by atoms with Crippen molar-refractivity contribution < 1.29 is 27.2 Å². The third-order valence-electron chi connectivity index (χ3n) is 7.77. The molecule has 0 unspecified atom stereocenters. The van der Waals surface area contributed by atoms with E-state index in [-0.39, 0.29) is 0 Å². The van der Waals surface area contributed by atoms with Gasteiger partial charge in [-0.3, -0.25) is 0 Å². The molecule has 0 saturated carbocycles. The molecule has 6 aromatic carbocycles. The first-order valence-corrected chi connectivity index (χ1v) is 14.0. The maximum atomic E-state index is 6.49.